The van der Waals surface area contributed by atoms with Crippen LogP contribution in [0.25, 0.3) is 0 Å². The zero-order chi connectivity index (χ0) is 13.7. The fourth-order valence-electron chi connectivity index (χ4n) is 2.52. The average Bonchev–Trinajstić information content (AvgIpc) is 2.93. The molecular formula is C14H22N2O3. The molecule has 5 heteroatoms. The van der Waals surface area contributed by atoms with Crippen LogP contribution in [-0.4, -0.2) is 43.7 Å². The van der Waals surface area contributed by atoms with E-state index in [1.807, 2.05) is 6.07 Å². The van der Waals surface area contributed by atoms with Crippen LogP contribution in [-0.2, 0) is 11.3 Å². The minimum absolute atomic E-state index is 0.273. The first-order chi connectivity index (χ1) is 9.24. The molecule has 0 amide bonds. The van der Waals surface area contributed by atoms with Crippen molar-refractivity contribution >= 4 is 5.97 Å². The van der Waals surface area contributed by atoms with Gasteiger partial charge in [0.05, 0.1) is 13.7 Å². The zero-order valence-electron chi connectivity index (χ0n) is 11.6. The van der Waals surface area contributed by atoms with Crippen molar-refractivity contribution in [3.8, 4) is 0 Å². The number of piperidine rings is 1. The van der Waals surface area contributed by atoms with Gasteiger partial charge in [-0.1, -0.05) is 6.92 Å². The fourth-order valence-corrected chi connectivity index (χ4v) is 2.52. The van der Waals surface area contributed by atoms with Crippen molar-refractivity contribution in [3.05, 3.63) is 23.7 Å². The highest BCUT2D eigenvalue weighted by atomic mass is 16.5. The number of hydrogen-bond acceptors (Lipinski definition) is 5. The number of carbonyl (C=O) groups is 1. The molecule has 0 bridgehead atoms. The number of rotatable bonds is 5. The van der Waals surface area contributed by atoms with Gasteiger partial charge in [0.25, 0.3) is 0 Å². The van der Waals surface area contributed by atoms with Crippen LogP contribution in [0.4, 0.5) is 0 Å². The maximum atomic E-state index is 11.3. The van der Waals surface area contributed by atoms with Crippen LogP contribution in [0, 0.1) is 0 Å². The number of hydrogen-bond donors (Lipinski definition) is 1. The van der Waals surface area contributed by atoms with Gasteiger partial charge in [0.15, 0.2) is 0 Å². The van der Waals surface area contributed by atoms with Gasteiger partial charge in [-0.25, -0.2) is 4.79 Å². The molecule has 19 heavy (non-hydrogen) atoms. The number of nitrogens with one attached hydrogen (secondary N) is 1. The van der Waals surface area contributed by atoms with Gasteiger partial charge in [-0.3, -0.25) is 4.90 Å². The minimum atomic E-state index is -0.423. The monoisotopic (exact) mass is 266 g/mol. The van der Waals surface area contributed by atoms with Crippen molar-refractivity contribution in [2.45, 2.75) is 32.4 Å². The SMILES string of the molecule is CCN(Cc1ccc(C(=O)OC)o1)C1CCCNC1. The van der Waals surface area contributed by atoms with Gasteiger partial charge < -0.3 is 14.5 Å². The average molecular weight is 266 g/mol. The van der Waals surface area contributed by atoms with E-state index in [9.17, 15) is 4.79 Å². The normalized spacial score (nSPS) is 19.6. The highest BCUT2D eigenvalue weighted by Crippen LogP contribution is 2.16. The first kappa shape index (κ1) is 14.1. The van der Waals surface area contributed by atoms with E-state index in [0.29, 0.717) is 6.04 Å². The van der Waals surface area contributed by atoms with Crippen LogP contribution < -0.4 is 5.32 Å². The summed E-state index contributed by atoms with van der Waals surface area (Å²) in [5, 5.41) is 3.42. The lowest BCUT2D eigenvalue weighted by Crippen LogP contribution is -2.45. The highest BCUT2D eigenvalue weighted by molar-refractivity contribution is 5.86. The molecule has 2 heterocycles. The first-order valence-electron chi connectivity index (χ1n) is 6.86. The highest BCUT2D eigenvalue weighted by Gasteiger charge is 2.21. The molecule has 1 N–H and O–H groups in total. The van der Waals surface area contributed by atoms with Gasteiger partial charge >= 0.3 is 5.97 Å². The summed E-state index contributed by atoms with van der Waals surface area (Å²) in [6, 6.07) is 4.07. The molecular weight excluding hydrogens is 244 g/mol. The second-order valence-corrected chi connectivity index (χ2v) is 4.82. The van der Waals surface area contributed by atoms with Gasteiger partial charge in [-0.05, 0) is 38.1 Å². The maximum Gasteiger partial charge on any atom is 0.373 e. The molecule has 0 saturated carbocycles. The summed E-state index contributed by atoms with van der Waals surface area (Å²) in [5.74, 6) is 0.664. The van der Waals surface area contributed by atoms with E-state index >= 15 is 0 Å². The van der Waals surface area contributed by atoms with Gasteiger partial charge in [0.1, 0.15) is 5.76 Å². The predicted molar refractivity (Wildman–Crippen MR) is 72.0 cm³/mol. The van der Waals surface area contributed by atoms with Gasteiger partial charge in [0.2, 0.25) is 5.76 Å². The Morgan fingerprint density at radius 2 is 2.42 bits per heavy atom. The molecule has 0 aliphatic carbocycles. The third-order valence-corrected chi connectivity index (χ3v) is 3.60. The number of methoxy groups -OCH3 is 1. The summed E-state index contributed by atoms with van der Waals surface area (Å²) >= 11 is 0. The Hall–Kier alpha value is -1.33. The minimum Gasteiger partial charge on any atom is -0.463 e. The lowest BCUT2D eigenvalue weighted by Gasteiger charge is -2.33. The molecule has 1 saturated heterocycles. The van der Waals surface area contributed by atoms with E-state index in [0.717, 1.165) is 31.9 Å². The Morgan fingerprint density at radius 3 is 3.05 bits per heavy atom. The molecule has 1 aliphatic heterocycles. The van der Waals surface area contributed by atoms with Crippen molar-refractivity contribution in [2.75, 3.05) is 26.7 Å². The van der Waals surface area contributed by atoms with Crippen molar-refractivity contribution in [1.29, 1.82) is 0 Å². The summed E-state index contributed by atoms with van der Waals surface area (Å²) in [7, 11) is 1.36. The van der Waals surface area contributed by atoms with Crippen LogP contribution >= 0.6 is 0 Å². The van der Waals surface area contributed by atoms with Crippen LogP contribution in [0.1, 0.15) is 36.1 Å². The molecule has 1 unspecified atom stereocenters. The molecule has 0 radical (unpaired) electrons. The van der Waals surface area contributed by atoms with Crippen molar-refractivity contribution in [2.24, 2.45) is 0 Å². The molecule has 0 spiro atoms. The van der Waals surface area contributed by atoms with E-state index in [2.05, 4.69) is 21.9 Å². The van der Waals surface area contributed by atoms with E-state index in [1.165, 1.54) is 20.0 Å². The molecule has 1 fully saturated rings. The third kappa shape index (κ3) is 3.58. The van der Waals surface area contributed by atoms with E-state index in [4.69, 9.17) is 4.42 Å². The summed E-state index contributed by atoms with van der Waals surface area (Å²) in [4.78, 5) is 13.7. The molecule has 2 rings (SSSR count). The molecule has 1 atom stereocenters. The number of ether oxygens (including phenoxy) is 1. The van der Waals surface area contributed by atoms with Crippen LogP contribution in [0.2, 0.25) is 0 Å². The number of esters is 1. The molecule has 1 aliphatic rings. The summed E-state index contributed by atoms with van der Waals surface area (Å²) in [6.07, 6.45) is 2.43. The summed E-state index contributed by atoms with van der Waals surface area (Å²) < 4.78 is 10.2. The molecule has 0 aromatic carbocycles. The van der Waals surface area contributed by atoms with Crippen molar-refractivity contribution in [3.63, 3.8) is 0 Å². The Balaban J connectivity index is 1.97. The standard InChI is InChI=1S/C14H22N2O3/c1-3-16(11-5-4-8-15-9-11)10-12-6-7-13(19-12)14(17)18-2/h6-7,11,15H,3-5,8-10H2,1-2H3. The van der Waals surface area contributed by atoms with E-state index < -0.39 is 5.97 Å². The Kier molecular flexibility index (Phi) is 4.99. The van der Waals surface area contributed by atoms with Crippen molar-refractivity contribution in [1.82, 2.24) is 10.2 Å². The van der Waals surface area contributed by atoms with Crippen LogP contribution in [0.5, 0.6) is 0 Å². The topological polar surface area (TPSA) is 54.7 Å². The summed E-state index contributed by atoms with van der Waals surface area (Å²) in [6.45, 7) is 6.00. The fraction of sp³-hybridized carbons (Fsp3) is 0.643. The summed E-state index contributed by atoms with van der Waals surface area (Å²) in [5.41, 5.74) is 0. The van der Waals surface area contributed by atoms with Crippen LogP contribution in [0.3, 0.4) is 0 Å². The predicted octanol–water partition coefficient (Wildman–Crippen LogP) is 1.64. The van der Waals surface area contributed by atoms with Gasteiger partial charge in [0, 0.05) is 12.6 Å². The van der Waals surface area contributed by atoms with E-state index in [-0.39, 0.29) is 5.76 Å². The second kappa shape index (κ2) is 6.73. The number of carbonyl (C=O) groups excluding carboxylic acids is 1. The molecule has 106 valence electrons. The third-order valence-electron chi connectivity index (χ3n) is 3.60. The lowest BCUT2D eigenvalue weighted by atomic mass is 10.1. The Bertz CT molecular complexity index is 411. The largest absolute Gasteiger partial charge is 0.463 e. The van der Waals surface area contributed by atoms with Gasteiger partial charge in [-0.15, -0.1) is 0 Å². The molecule has 1 aromatic heterocycles. The van der Waals surface area contributed by atoms with Crippen LogP contribution in [0.15, 0.2) is 16.5 Å². The quantitative estimate of drug-likeness (QED) is 0.821. The lowest BCUT2D eigenvalue weighted by molar-refractivity contribution is 0.0559. The molecule has 5 nitrogen and oxygen atoms in total. The van der Waals surface area contributed by atoms with Crippen molar-refractivity contribution < 1.29 is 13.9 Å². The number of furan rings is 1. The molecule has 1 aromatic rings. The second-order valence-electron chi connectivity index (χ2n) is 4.82. The number of nitrogens with zero attached hydrogens (tertiary/aromatic N) is 1. The smallest absolute Gasteiger partial charge is 0.373 e. The van der Waals surface area contributed by atoms with E-state index in [1.54, 1.807) is 6.07 Å². The Labute approximate surface area is 113 Å². The number of likely N-dealkylation sites (N-methyl/N-ethyl adjacent to an activating group) is 1. The Morgan fingerprint density at radius 1 is 1.58 bits per heavy atom. The maximum absolute atomic E-state index is 11.3. The first-order valence-corrected chi connectivity index (χ1v) is 6.86. The zero-order valence-corrected chi connectivity index (χ0v) is 11.6. The van der Waals surface area contributed by atoms with Gasteiger partial charge in [-0.2, -0.15) is 0 Å².